The van der Waals surface area contributed by atoms with Crippen molar-refractivity contribution in [2.45, 2.75) is 20.4 Å². The Labute approximate surface area is 96.0 Å². The van der Waals surface area contributed by atoms with Gasteiger partial charge in [0.2, 0.25) is 5.91 Å². The van der Waals surface area contributed by atoms with Gasteiger partial charge in [0.05, 0.1) is 12.1 Å². The summed E-state index contributed by atoms with van der Waals surface area (Å²) in [4.78, 5) is 13.8. The van der Waals surface area contributed by atoms with Gasteiger partial charge in [0, 0.05) is 31.9 Å². The van der Waals surface area contributed by atoms with E-state index in [1.165, 1.54) is 0 Å². The van der Waals surface area contributed by atoms with Crippen LogP contribution in [-0.4, -0.2) is 34.6 Å². The second-order valence-electron chi connectivity index (χ2n) is 4.39. The highest BCUT2D eigenvalue weighted by molar-refractivity contribution is 5.79. The molecular weight excluding hydrogens is 204 g/mol. The third-order valence-corrected chi connectivity index (χ3v) is 2.73. The fourth-order valence-electron chi connectivity index (χ4n) is 1.66. The molecule has 0 saturated heterocycles. The summed E-state index contributed by atoms with van der Waals surface area (Å²) >= 11 is 0. The van der Waals surface area contributed by atoms with Crippen LogP contribution in [0.1, 0.15) is 19.4 Å². The molecule has 0 aliphatic rings. The zero-order chi connectivity index (χ0) is 12.1. The van der Waals surface area contributed by atoms with Crippen LogP contribution in [0.15, 0.2) is 12.4 Å². The smallest absolute Gasteiger partial charge is 0.227 e. The number of aromatic nitrogens is 2. The number of carbonyl (C=O) groups is 1. The van der Waals surface area contributed by atoms with Gasteiger partial charge in [-0.15, -0.1) is 0 Å². The van der Waals surface area contributed by atoms with Crippen LogP contribution in [-0.2, 0) is 11.3 Å². The second kappa shape index (κ2) is 5.65. The van der Waals surface area contributed by atoms with Crippen molar-refractivity contribution in [1.82, 2.24) is 15.1 Å². The highest BCUT2D eigenvalue weighted by atomic mass is 16.2. The van der Waals surface area contributed by atoms with Gasteiger partial charge in [0.1, 0.15) is 0 Å². The van der Waals surface area contributed by atoms with E-state index in [1.807, 2.05) is 13.8 Å². The molecule has 5 heteroatoms. The van der Waals surface area contributed by atoms with Crippen molar-refractivity contribution >= 4 is 5.91 Å². The monoisotopic (exact) mass is 224 g/mol. The predicted molar refractivity (Wildman–Crippen MR) is 62.4 cm³/mol. The molecule has 1 atom stereocenters. The van der Waals surface area contributed by atoms with Gasteiger partial charge in [-0.25, -0.2) is 0 Å². The minimum absolute atomic E-state index is 0.0960. The van der Waals surface area contributed by atoms with Crippen LogP contribution in [0.4, 0.5) is 0 Å². The van der Waals surface area contributed by atoms with Crippen LogP contribution < -0.4 is 5.73 Å². The normalized spacial score (nSPS) is 12.8. The first-order valence-electron chi connectivity index (χ1n) is 5.49. The summed E-state index contributed by atoms with van der Waals surface area (Å²) in [6.07, 6.45) is 3.51. The van der Waals surface area contributed by atoms with Gasteiger partial charge >= 0.3 is 0 Å². The van der Waals surface area contributed by atoms with Crippen LogP contribution in [0.3, 0.4) is 0 Å². The molecule has 1 amide bonds. The van der Waals surface area contributed by atoms with E-state index in [-0.39, 0.29) is 17.7 Å². The molecule has 0 bridgehead atoms. The summed E-state index contributed by atoms with van der Waals surface area (Å²) in [7, 11) is 1.79. The molecule has 0 fully saturated rings. The van der Waals surface area contributed by atoms with Crippen molar-refractivity contribution < 1.29 is 4.79 Å². The van der Waals surface area contributed by atoms with Gasteiger partial charge in [-0.05, 0) is 5.92 Å². The van der Waals surface area contributed by atoms with Gasteiger partial charge in [-0.1, -0.05) is 13.8 Å². The Balaban J connectivity index is 2.59. The van der Waals surface area contributed by atoms with E-state index in [0.29, 0.717) is 13.1 Å². The van der Waals surface area contributed by atoms with Crippen molar-refractivity contribution in [2.75, 3.05) is 13.6 Å². The Morgan fingerprint density at radius 3 is 2.75 bits per heavy atom. The quantitative estimate of drug-likeness (QED) is 0.769. The first-order valence-corrected chi connectivity index (χ1v) is 5.49. The fraction of sp³-hybridized carbons (Fsp3) is 0.636. The van der Waals surface area contributed by atoms with E-state index in [1.54, 1.807) is 24.3 Å². The second-order valence-corrected chi connectivity index (χ2v) is 4.39. The van der Waals surface area contributed by atoms with Gasteiger partial charge in [-0.3, -0.25) is 9.89 Å². The minimum Gasteiger partial charge on any atom is -0.341 e. The van der Waals surface area contributed by atoms with E-state index in [9.17, 15) is 4.79 Å². The summed E-state index contributed by atoms with van der Waals surface area (Å²) in [5.41, 5.74) is 6.62. The largest absolute Gasteiger partial charge is 0.341 e. The average molecular weight is 224 g/mol. The van der Waals surface area contributed by atoms with Crippen molar-refractivity contribution in [3.05, 3.63) is 18.0 Å². The maximum absolute atomic E-state index is 12.1. The van der Waals surface area contributed by atoms with Crippen LogP contribution in [0.25, 0.3) is 0 Å². The molecule has 0 aromatic carbocycles. The zero-order valence-corrected chi connectivity index (χ0v) is 10.1. The van der Waals surface area contributed by atoms with E-state index in [2.05, 4.69) is 10.2 Å². The highest BCUT2D eigenvalue weighted by Gasteiger charge is 2.23. The van der Waals surface area contributed by atoms with Crippen LogP contribution in [0.5, 0.6) is 0 Å². The molecule has 0 aliphatic carbocycles. The fourth-order valence-corrected chi connectivity index (χ4v) is 1.66. The molecular formula is C11H20N4O. The van der Waals surface area contributed by atoms with Gasteiger partial charge in [0.25, 0.3) is 0 Å². The molecule has 1 aromatic rings. The lowest BCUT2D eigenvalue weighted by Crippen LogP contribution is -2.38. The van der Waals surface area contributed by atoms with Crippen molar-refractivity contribution in [2.24, 2.45) is 17.6 Å². The Morgan fingerprint density at radius 1 is 1.62 bits per heavy atom. The number of hydrogen-bond acceptors (Lipinski definition) is 3. The third kappa shape index (κ3) is 3.06. The Kier molecular flexibility index (Phi) is 4.49. The molecule has 90 valence electrons. The lowest BCUT2D eigenvalue weighted by Gasteiger charge is -2.24. The highest BCUT2D eigenvalue weighted by Crippen LogP contribution is 2.13. The van der Waals surface area contributed by atoms with E-state index >= 15 is 0 Å². The number of nitrogens with one attached hydrogen (secondary N) is 1. The first-order chi connectivity index (χ1) is 7.56. The Hall–Kier alpha value is -1.36. The molecule has 0 spiro atoms. The predicted octanol–water partition coefficient (Wildman–Crippen LogP) is 0.599. The first kappa shape index (κ1) is 12.7. The maximum Gasteiger partial charge on any atom is 0.227 e. The number of hydrogen-bond donors (Lipinski definition) is 2. The van der Waals surface area contributed by atoms with E-state index < -0.39 is 0 Å². The molecule has 1 aromatic heterocycles. The lowest BCUT2D eigenvalue weighted by atomic mass is 9.94. The van der Waals surface area contributed by atoms with Crippen LogP contribution in [0, 0.1) is 11.8 Å². The molecule has 3 N–H and O–H groups in total. The number of carbonyl (C=O) groups excluding carboxylic acids is 1. The van der Waals surface area contributed by atoms with Crippen molar-refractivity contribution in [3.8, 4) is 0 Å². The lowest BCUT2D eigenvalue weighted by molar-refractivity contribution is -0.135. The standard InChI is InChI=1S/C11H20N4O/c1-8(2)10(4-12)11(16)15(3)7-9-5-13-14-6-9/h5-6,8,10H,4,7,12H2,1-3H3,(H,13,14). The number of aromatic amines is 1. The summed E-state index contributed by atoms with van der Waals surface area (Å²) in [5, 5.41) is 6.57. The van der Waals surface area contributed by atoms with E-state index in [4.69, 9.17) is 5.73 Å². The van der Waals surface area contributed by atoms with Crippen LogP contribution >= 0.6 is 0 Å². The molecule has 0 radical (unpaired) electrons. The Morgan fingerprint density at radius 2 is 2.31 bits per heavy atom. The Bertz CT molecular complexity index is 321. The van der Waals surface area contributed by atoms with E-state index in [0.717, 1.165) is 5.56 Å². The zero-order valence-electron chi connectivity index (χ0n) is 10.1. The number of amides is 1. The summed E-state index contributed by atoms with van der Waals surface area (Å²) in [5.74, 6) is 0.264. The SMILES string of the molecule is CC(C)C(CN)C(=O)N(C)Cc1cn[nH]c1. The summed E-state index contributed by atoms with van der Waals surface area (Å²) in [6.45, 7) is 4.99. The topological polar surface area (TPSA) is 75.0 Å². The van der Waals surface area contributed by atoms with Gasteiger partial charge < -0.3 is 10.6 Å². The summed E-state index contributed by atoms with van der Waals surface area (Å²) in [6, 6.07) is 0. The minimum atomic E-state index is -0.100. The van der Waals surface area contributed by atoms with Gasteiger partial charge in [-0.2, -0.15) is 5.10 Å². The molecule has 0 aliphatic heterocycles. The molecule has 1 rings (SSSR count). The molecule has 5 nitrogen and oxygen atoms in total. The van der Waals surface area contributed by atoms with Crippen LogP contribution in [0.2, 0.25) is 0 Å². The summed E-state index contributed by atoms with van der Waals surface area (Å²) < 4.78 is 0. The number of nitrogens with zero attached hydrogens (tertiary/aromatic N) is 2. The molecule has 1 unspecified atom stereocenters. The molecule has 0 saturated carbocycles. The number of nitrogens with two attached hydrogens (primary N) is 1. The van der Waals surface area contributed by atoms with Crippen molar-refractivity contribution in [1.29, 1.82) is 0 Å². The third-order valence-electron chi connectivity index (χ3n) is 2.73. The number of rotatable bonds is 5. The molecule has 1 heterocycles. The molecule has 16 heavy (non-hydrogen) atoms. The maximum atomic E-state index is 12.1. The van der Waals surface area contributed by atoms with Crippen molar-refractivity contribution in [3.63, 3.8) is 0 Å². The average Bonchev–Trinajstić information content (AvgIpc) is 2.70. The number of H-pyrrole nitrogens is 1. The van der Waals surface area contributed by atoms with Gasteiger partial charge in [0.15, 0.2) is 0 Å².